The maximum Gasteiger partial charge on any atom is 0.0540 e. The molecule has 0 fully saturated rings. The first-order valence-electron chi connectivity index (χ1n) is 17.8. The molecule has 0 spiro atoms. The van der Waals surface area contributed by atoms with E-state index in [1.54, 1.807) is 0 Å². The predicted octanol–water partition coefficient (Wildman–Crippen LogP) is 14.8. The van der Waals surface area contributed by atoms with Crippen molar-refractivity contribution in [3.05, 3.63) is 200 Å². The molecule has 0 aliphatic heterocycles. The smallest absolute Gasteiger partial charge is 0.0540 e. The quantitative estimate of drug-likeness (QED) is 0.169. The Balaban J connectivity index is 1.11. The highest BCUT2D eigenvalue weighted by Crippen LogP contribution is 2.43. The zero-order valence-electron chi connectivity index (χ0n) is 28.4. The molecule has 0 N–H and O–H groups in total. The van der Waals surface area contributed by atoms with Gasteiger partial charge in [0.2, 0.25) is 0 Å². The molecule has 0 saturated carbocycles. The van der Waals surface area contributed by atoms with E-state index < -0.39 is 0 Å². The van der Waals surface area contributed by atoms with Crippen molar-refractivity contribution in [1.82, 2.24) is 0 Å². The second-order valence-electron chi connectivity index (χ2n) is 13.4. The van der Waals surface area contributed by atoms with Crippen LogP contribution in [0.5, 0.6) is 0 Å². The minimum Gasteiger partial charge on any atom is -0.310 e. The first-order chi connectivity index (χ1) is 25.8. The Hall–Kier alpha value is -6.48. The predicted molar refractivity (Wildman–Crippen MR) is 225 cm³/mol. The van der Waals surface area contributed by atoms with Crippen molar-refractivity contribution in [2.24, 2.45) is 0 Å². The number of anilines is 3. The van der Waals surface area contributed by atoms with Crippen molar-refractivity contribution in [3.8, 4) is 33.4 Å². The average molecular weight is 680 g/mol. The van der Waals surface area contributed by atoms with E-state index in [9.17, 15) is 0 Å². The Morgan fingerprint density at radius 1 is 0.327 bits per heavy atom. The van der Waals surface area contributed by atoms with E-state index in [0.717, 1.165) is 17.1 Å². The molecule has 2 heteroatoms. The van der Waals surface area contributed by atoms with Crippen LogP contribution in [0.4, 0.5) is 17.1 Å². The molecule has 0 aliphatic rings. The van der Waals surface area contributed by atoms with Gasteiger partial charge in [-0.1, -0.05) is 152 Å². The van der Waals surface area contributed by atoms with Crippen LogP contribution in [0.25, 0.3) is 75.1 Å². The van der Waals surface area contributed by atoms with E-state index in [2.05, 4.69) is 205 Å². The summed E-state index contributed by atoms with van der Waals surface area (Å²) in [7, 11) is 0. The summed E-state index contributed by atoms with van der Waals surface area (Å²) in [6, 6.07) is 73.0. The largest absolute Gasteiger partial charge is 0.310 e. The van der Waals surface area contributed by atoms with E-state index in [-0.39, 0.29) is 0 Å². The zero-order valence-corrected chi connectivity index (χ0v) is 29.2. The summed E-state index contributed by atoms with van der Waals surface area (Å²) in [6.45, 7) is 0. The van der Waals surface area contributed by atoms with Crippen molar-refractivity contribution in [3.63, 3.8) is 0 Å². The summed E-state index contributed by atoms with van der Waals surface area (Å²) >= 11 is 1.88. The number of thiophene rings is 1. The fourth-order valence-electron chi connectivity index (χ4n) is 7.69. The average Bonchev–Trinajstić information content (AvgIpc) is 3.60. The van der Waals surface area contributed by atoms with Crippen molar-refractivity contribution < 1.29 is 0 Å². The van der Waals surface area contributed by atoms with Gasteiger partial charge in [-0.05, 0) is 98.1 Å². The minimum absolute atomic E-state index is 1.11. The van der Waals surface area contributed by atoms with Gasteiger partial charge >= 0.3 is 0 Å². The summed E-state index contributed by atoms with van der Waals surface area (Å²) in [6.07, 6.45) is 0. The molecule has 1 aromatic heterocycles. The molecule has 1 nitrogen and oxygen atoms in total. The molecule has 0 amide bonds. The van der Waals surface area contributed by atoms with Crippen LogP contribution in [-0.4, -0.2) is 0 Å². The van der Waals surface area contributed by atoms with Gasteiger partial charge in [-0.3, -0.25) is 0 Å². The van der Waals surface area contributed by atoms with E-state index >= 15 is 0 Å². The van der Waals surface area contributed by atoms with Gasteiger partial charge < -0.3 is 4.90 Å². The molecule has 0 atom stereocenters. The van der Waals surface area contributed by atoms with Crippen LogP contribution in [0.2, 0.25) is 0 Å². The molecule has 10 aromatic rings. The van der Waals surface area contributed by atoms with Gasteiger partial charge in [0.15, 0.2) is 0 Å². The molecular weight excluding hydrogens is 647 g/mol. The second-order valence-corrected chi connectivity index (χ2v) is 14.4. The number of nitrogens with zero attached hydrogens (tertiary/aromatic N) is 1. The van der Waals surface area contributed by atoms with Crippen LogP contribution in [0.1, 0.15) is 0 Å². The third-order valence-corrected chi connectivity index (χ3v) is 11.4. The molecule has 0 unspecified atom stereocenters. The SMILES string of the molecule is c1cc(-c2cccc(N(c3cccc(-c4ccc5ccccc5c4)c3)c3cccc4ccccc34)c2)cc(-c2cccc3c2sc2ccccc23)c1. The lowest BCUT2D eigenvalue weighted by Gasteiger charge is -2.28. The second kappa shape index (κ2) is 12.7. The summed E-state index contributed by atoms with van der Waals surface area (Å²) in [5.74, 6) is 0. The summed E-state index contributed by atoms with van der Waals surface area (Å²) in [4.78, 5) is 2.41. The van der Waals surface area contributed by atoms with Crippen LogP contribution in [0.15, 0.2) is 200 Å². The number of benzene rings is 9. The fraction of sp³-hybridized carbons (Fsp3) is 0. The highest BCUT2D eigenvalue weighted by Gasteiger charge is 2.18. The lowest BCUT2D eigenvalue weighted by molar-refractivity contribution is 1.30. The number of fused-ring (bicyclic) bond motifs is 5. The third kappa shape index (κ3) is 5.33. The molecule has 0 aliphatic carbocycles. The van der Waals surface area contributed by atoms with E-state index in [1.165, 1.54) is 75.1 Å². The zero-order chi connectivity index (χ0) is 34.4. The highest BCUT2D eigenvalue weighted by molar-refractivity contribution is 7.26. The molecule has 0 saturated heterocycles. The molecule has 1 heterocycles. The topological polar surface area (TPSA) is 3.24 Å². The lowest BCUT2D eigenvalue weighted by atomic mass is 9.97. The van der Waals surface area contributed by atoms with E-state index in [1.807, 2.05) is 11.3 Å². The maximum atomic E-state index is 2.41. The molecule has 0 bridgehead atoms. The standard InChI is InChI=1S/C50H33NS/c1-2-14-36-30-40(29-28-34(36)12-1)39-18-9-21-43(33-39)51(48-26-10-15-35-13-3-4-22-44(35)48)42-20-8-17-38(32-42)37-16-7-19-41(31-37)45-24-11-25-47-46-23-5-6-27-49(46)52-50(45)47/h1-33H. The fourth-order valence-corrected chi connectivity index (χ4v) is 8.93. The van der Waals surface area contributed by atoms with Crippen molar-refractivity contribution in [2.45, 2.75) is 0 Å². The van der Waals surface area contributed by atoms with E-state index in [4.69, 9.17) is 0 Å². The number of hydrogen-bond donors (Lipinski definition) is 0. The lowest BCUT2D eigenvalue weighted by Crippen LogP contribution is -2.10. The Morgan fingerprint density at radius 2 is 0.885 bits per heavy atom. The third-order valence-electron chi connectivity index (χ3n) is 10.2. The van der Waals surface area contributed by atoms with Crippen LogP contribution >= 0.6 is 11.3 Å². The first kappa shape index (κ1) is 30.4. The van der Waals surface area contributed by atoms with E-state index in [0.29, 0.717) is 0 Å². The number of hydrogen-bond acceptors (Lipinski definition) is 2. The van der Waals surface area contributed by atoms with Gasteiger partial charge in [-0.2, -0.15) is 0 Å². The Bertz CT molecular complexity index is 2930. The van der Waals surface area contributed by atoms with Gasteiger partial charge in [0.1, 0.15) is 0 Å². The summed E-state index contributed by atoms with van der Waals surface area (Å²) in [5.41, 5.74) is 10.7. The van der Waals surface area contributed by atoms with Crippen LogP contribution in [0.3, 0.4) is 0 Å². The molecule has 244 valence electrons. The molecule has 9 aromatic carbocycles. The Morgan fingerprint density at radius 3 is 1.69 bits per heavy atom. The van der Waals surface area contributed by atoms with Gasteiger partial charge in [0.25, 0.3) is 0 Å². The van der Waals surface area contributed by atoms with Gasteiger partial charge in [0, 0.05) is 36.9 Å². The highest BCUT2D eigenvalue weighted by atomic mass is 32.1. The van der Waals surface area contributed by atoms with Crippen molar-refractivity contribution in [2.75, 3.05) is 4.90 Å². The van der Waals surface area contributed by atoms with Crippen LogP contribution < -0.4 is 4.90 Å². The molecular formula is C50H33NS. The van der Waals surface area contributed by atoms with Gasteiger partial charge in [-0.15, -0.1) is 11.3 Å². The molecule has 0 radical (unpaired) electrons. The normalized spacial score (nSPS) is 11.5. The Labute approximate surface area is 307 Å². The summed E-state index contributed by atoms with van der Waals surface area (Å²) < 4.78 is 2.66. The monoisotopic (exact) mass is 679 g/mol. The van der Waals surface area contributed by atoms with Crippen LogP contribution in [-0.2, 0) is 0 Å². The number of rotatable bonds is 6. The van der Waals surface area contributed by atoms with Gasteiger partial charge in [0.05, 0.1) is 5.69 Å². The maximum absolute atomic E-state index is 2.41. The minimum atomic E-state index is 1.11. The van der Waals surface area contributed by atoms with Gasteiger partial charge in [-0.25, -0.2) is 0 Å². The first-order valence-corrected chi connectivity index (χ1v) is 18.6. The molecule has 10 rings (SSSR count). The molecule has 52 heavy (non-hydrogen) atoms. The summed E-state index contributed by atoms with van der Waals surface area (Å²) in [5, 5.41) is 7.57. The van der Waals surface area contributed by atoms with Crippen molar-refractivity contribution in [1.29, 1.82) is 0 Å². The Kier molecular flexibility index (Phi) is 7.41. The van der Waals surface area contributed by atoms with Crippen molar-refractivity contribution >= 4 is 70.1 Å². The van der Waals surface area contributed by atoms with Crippen LogP contribution in [0, 0.1) is 0 Å².